The molecule has 1 amide bonds. The lowest BCUT2D eigenvalue weighted by Gasteiger charge is -2.35. The van der Waals surface area contributed by atoms with E-state index in [4.69, 9.17) is 4.98 Å². The van der Waals surface area contributed by atoms with E-state index in [1.54, 1.807) is 0 Å². The molecule has 4 rings (SSSR count). The second-order valence-corrected chi connectivity index (χ2v) is 7.27. The lowest BCUT2D eigenvalue weighted by atomic mass is 10.00. The molecule has 0 aromatic carbocycles. The molecular formula is C17H22N6O2. The van der Waals surface area contributed by atoms with Crippen molar-refractivity contribution >= 4 is 5.91 Å². The summed E-state index contributed by atoms with van der Waals surface area (Å²) in [5.41, 5.74) is -0.0634. The van der Waals surface area contributed by atoms with E-state index in [1.807, 2.05) is 9.58 Å². The Morgan fingerprint density at radius 2 is 2.16 bits per heavy atom. The number of aromatic nitrogens is 5. The van der Waals surface area contributed by atoms with E-state index in [1.165, 1.54) is 6.20 Å². The number of aromatic amines is 1. The van der Waals surface area contributed by atoms with E-state index < -0.39 is 0 Å². The van der Waals surface area contributed by atoms with Crippen LogP contribution in [-0.2, 0) is 6.54 Å². The molecule has 1 aliphatic heterocycles. The highest BCUT2D eigenvalue weighted by Crippen LogP contribution is 2.40. The van der Waals surface area contributed by atoms with Crippen molar-refractivity contribution in [2.24, 2.45) is 5.92 Å². The third kappa shape index (κ3) is 3.08. The smallest absolute Gasteiger partial charge is 0.274 e. The zero-order chi connectivity index (χ0) is 17.6. The van der Waals surface area contributed by atoms with Gasteiger partial charge in [-0.25, -0.2) is 14.6 Å². The minimum atomic E-state index is -0.317. The number of H-pyrrole nitrogens is 1. The summed E-state index contributed by atoms with van der Waals surface area (Å²) in [5, 5.41) is 4.65. The Bertz CT molecular complexity index is 831. The molecule has 1 aliphatic carbocycles. The third-order valence-electron chi connectivity index (χ3n) is 4.73. The van der Waals surface area contributed by atoms with Crippen LogP contribution in [-0.4, -0.2) is 42.1 Å². The molecule has 132 valence electrons. The molecule has 3 heterocycles. The van der Waals surface area contributed by atoms with Gasteiger partial charge in [-0.2, -0.15) is 5.10 Å². The highest BCUT2D eigenvalue weighted by atomic mass is 16.2. The third-order valence-corrected chi connectivity index (χ3v) is 4.73. The van der Waals surface area contributed by atoms with Gasteiger partial charge in [-0.05, 0) is 25.2 Å². The summed E-state index contributed by atoms with van der Waals surface area (Å²) >= 11 is 0. The van der Waals surface area contributed by atoms with Crippen molar-refractivity contribution in [3.05, 3.63) is 40.1 Å². The summed E-state index contributed by atoms with van der Waals surface area (Å²) in [7, 11) is 0. The SMILES string of the molecule is CC(C)C[C@H]1c2nc(C3CC3)nn2CCN1C(=O)c1c[nH]c(=O)cn1. The van der Waals surface area contributed by atoms with Gasteiger partial charge >= 0.3 is 0 Å². The van der Waals surface area contributed by atoms with Gasteiger partial charge in [0.2, 0.25) is 0 Å². The first-order chi connectivity index (χ1) is 12.0. The average Bonchev–Trinajstić information content (AvgIpc) is 3.34. The van der Waals surface area contributed by atoms with Crippen molar-refractivity contribution in [2.45, 2.75) is 51.6 Å². The molecule has 0 unspecified atom stereocenters. The molecule has 8 nitrogen and oxygen atoms in total. The van der Waals surface area contributed by atoms with Gasteiger partial charge in [0.05, 0.1) is 18.8 Å². The minimum Gasteiger partial charge on any atom is -0.325 e. The lowest BCUT2D eigenvalue weighted by Crippen LogP contribution is -2.43. The van der Waals surface area contributed by atoms with Crippen LogP contribution in [0.15, 0.2) is 17.2 Å². The maximum atomic E-state index is 12.9. The standard InChI is InChI=1S/C17H22N6O2/c1-10(2)7-13-16-20-15(11-3-4-11)21-23(16)6-5-22(13)17(25)12-8-19-14(24)9-18-12/h8-11,13H,3-7H2,1-2H3,(H,19,24)/t13-/m0/s1. The maximum absolute atomic E-state index is 12.9. The van der Waals surface area contributed by atoms with Crippen molar-refractivity contribution in [3.8, 4) is 0 Å². The van der Waals surface area contributed by atoms with Crippen LogP contribution in [0.4, 0.5) is 0 Å². The monoisotopic (exact) mass is 342 g/mol. The number of carbonyl (C=O) groups is 1. The quantitative estimate of drug-likeness (QED) is 0.908. The molecule has 1 fully saturated rings. The van der Waals surface area contributed by atoms with Gasteiger partial charge in [-0.3, -0.25) is 9.59 Å². The van der Waals surface area contributed by atoms with E-state index in [-0.39, 0.29) is 23.2 Å². The molecule has 0 bridgehead atoms. The summed E-state index contributed by atoms with van der Waals surface area (Å²) in [6.07, 6.45) is 5.65. The number of rotatable bonds is 4. The Kier molecular flexibility index (Phi) is 3.89. The first-order valence-corrected chi connectivity index (χ1v) is 8.83. The molecule has 2 aromatic rings. The molecule has 0 spiro atoms. The van der Waals surface area contributed by atoms with Crippen LogP contribution in [0.25, 0.3) is 0 Å². The van der Waals surface area contributed by atoms with E-state index >= 15 is 0 Å². The van der Waals surface area contributed by atoms with Crippen LogP contribution in [0.2, 0.25) is 0 Å². The van der Waals surface area contributed by atoms with E-state index in [0.717, 1.165) is 37.1 Å². The molecule has 1 saturated carbocycles. The number of hydrogen-bond donors (Lipinski definition) is 1. The van der Waals surface area contributed by atoms with Crippen molar-refractivity contribution in [3.63, 3.8) is 0 Å². The Labute approximate surface area is 145 Å². The van der Waals surface area contributed by atoms with Crippen LogP contribution in [0, 0.1) is 5.92 Å². The highest BCUT2D eigenvalue weighted by molar-refractivity contribution is 5.92. The zero-order valence-corrected chi connectivity index (χ0v) is 14.5. The molecule has 0 radical (unpaired) electrons. The molecule has 8 heteroatoms. The molecular weight excluding hydrogens is 320 g/mol. The topological polar surface area (TPSA) is 96.8 Å². The minimum absolute atomic E-state index is 0.116. The van der Waals surface area contributed by atoms with Crippen LogP contribution in [0.5, 0.6) is 0 Å². The summed E-state index contributed by atoms with van der Waals surface area (Å²) in [6.45, 7) is 5.48. The Morgan fingerprint density at radius 1 is 1.36 bits per heavy atom. The van der Waals surface area contributed by atoms with E-state index in [2.05, 4.69) is 28.9 Å². The van der Waals surface area contributed by atoms with Gasteiger partial charge in [0.25, 0.3) is 11.5 Å². The van der Waals surface area contributed by atoms with Crippen LogP contribution < -0.4 is 5.56 Å². The number of nitrogens with zero attached hydrogens (tertiary/aromatic N) is 5. The first kappa shape index (κ1) is 16.0. The van der Waals surface area contributed by atoms with Gasteiger partial charge in [0.1, 0.15) is 11.5 Å². The molecule has 1 N–H and O–H groups in total. The van der Waals surface area contributed by atoms with Gasteiger partial charge in [0, 0.05) is 18.7 Å². The fraction of sp³-hybridized carbons (Fsp3) is 0.588. The molecule has 2 aliphatic rings. The summed E-state index contributed by atoms with van der Waals surface area (Å²) in [4.78, 5) is 37.3. The Hall–Kier alpha value is -2.51. The maximum Gasteiger partial charge on any atom is 0.274 e. The van der Waals surface area contributed by atoms with Gasteiger partial charge in [0.15, 0.2) is 5.82 Å². The molecule has 0 saturated heterocycles. The highest BCUT2D eigenvalue weighted by Gasteiger charge is 2.37. The number of carbonyl (C=O) groups excluding carboxylic acids is 1. The van der Waals surface area contributed by atoms with Gasteiger partial charge in [-0.15, -0.1) is 0 Å². The van der Waals surface area contributed by atoms with Crippen molar-refractivity contribution in [1.82, 2.24) is 29.6 Å². The number of hydrogen-bond acceptors (Lipinski definition) is 5. The Morgan fingerprint density at radius 3 is 2.80 bits per heavy atom. The van der Waals surface area contributed by atoms with E-state index in [9.17, 15) is 9.59 Å². The molecule has 25 heavy (non-hydrogen) atoms. The van der Waals surface area contributed by atoms with E-state index in [0.29, 0.717) is 24.9 Å². The Balaban J connectivity index is 1.67. The first-order valence-electron chi connectivity index (χ1n) is 8.83. The van der Waals surface area contributed by atoms with Crippen molar-refractivity contribution in [2.75, 3.05) is 6.54 Å². The second kappa shape index (κ2) is 6.09. The average molecular weight is 342 g/mol. The second-order valence-electron chi connectivity index (χ2n) is 7.27. The predicted molar refractivity (Wildman–Crippen MR) is 90.1 cm³/mol. The van der Waals surface area contributed by atoms with Crippen molar-refractivity contribution in [1.29, 1.82) is 0 Å². The van der Waals surface area contributed by atoms with Crippen molar-refractivity contribution < 1.29 is 4.79 Å². The number of fused-ring (bicyclic) bond motifs is 1. The predicted octanol–water partition coefficient (Wildman–Crippen LogP) is 1.48. The van der Waals surface area contributed by atoms with Gasteiger partial charge < -0.3 is 9.88 Å². The lowest BCUT2D eigenvalue weighted by molar-refractivity contribution is 0.0572. The van der Waals surface area contributed by atoms with Crippen LogP contribution in [0.3, 0.4) is 0 Å². The van der Waals surface area contributed by atoms with Gasteiger partial charge in [-0.1, -0.05) is 13.8 Å². The van der Waals surface area contributed by atoms with Crippen LogP contribution in [0.1, 0.15) is 67.2 Å². The van der Waals surface area contributed by atoms with Crippen LogP contribution >= 0.6 is 0 Å². The largest absolute Gasteiger partial charge is 0.325 e. The molecule has 1 atom stereocenters. The molecule has 2 aromatic heterocycles. The summed E-state index contributed by atoms with van der Waals surface area (Å²) in [6, 6.07) is -0.116. The fourth-order valence-electron chi connectivity index (χ4n) is 3.32. The zero-order valence-electron chi connectivity index (χ0n) is 14.5. The summed E-state index contributed by atoms with van der Waals surface area (Å²) < 4.78 is 1.96. The fourth-order valence-corrected chi connectivity index (χ4v) is 3.32. The number of nitrogens with one attached hydrogen (secondary N) is 1. The normalized spacial score (nSPS) is 20.0. The summed E-state index contributed by atoms with van der Waals surface area (Å²) in [5.74, 6) is 2.52. The number of amides is 1.